The lowest BCUT2D eigenvalue weighted by molar-refractivity contribution is 0.179. The summed E-state index contributed by atoms with van der Waals surface area (Å²) in [7, 11) is 0. The number of rotatable bonds is 3. The Bertz CT molecular complexity index is 780. The number of nitrogens with zero attached hydrogens (tertiary/aromatic N) is 1. The van der Waals surface area contributed by atoms with Crippen molar-refractivity contribution in [1.82, 2.24) is 4.98 Å². The van der Waals surface area contributed by atoms with Crippen LogP contribution >= 0.6 is 11.6 Å². The van der Waals surface area contributed by atoms with Gasteiger partial charge in [0.2, 0.25) is 0 Å². The van der Waals surface area contributed by atoms with Gasteiger partial charge in [-0.3, -0.25) is 4.98 Å². The fourth-order valence-corrected chi connectivity index (χ4v) is 2.85. The number of hydrogen-bond acceptors (Lipinski definition) is 2. The van der Waals surface area contributed by atoms with Crippen LogP contribution in [0.2, 0.25) is 5.02 Å². The molecular formula is C18H16ClNO. The van der Waals surface area contributed by atoms with Crippen LogP contribution in [0.1, 0.15) is 22.8 Å². The van der Waals surface area contributed by atoms with E-state index < -0.39 is 6.10 Å². The van der Waals surface area contributed by atoms with Gasteiger partial charge in [-0.15, -0.1) is 0 Å². The molecule has 0 spiro atoms. The van der Waals surface area contributed by atoms with Crippen LogP contribution < -0.4 is 0 Å². The van der Waals surface area contributed by atoms with Crippen molar-refractivity contribution in [2.24, 2.45) is 0 Å². The van der Waals surface area contributed by atoms with E-state index >= 15 is 0 Å². The summed E-state index contributed by atoms with van der Waals surface area (Å²) in [5.74, 6) is 0. The minimum Gasteiger partial charge on any atom is -0.388 e. The van der Waals surface area contributed by atoms with Crippen molar-refractivity contribution in [2.45, 2.75) is 19.4 Å². The van der Waals surface area contributed by atoms with Crippen molar-refractivity contribution < 1.29 is 5.11 Å². The van der Waals surface area contributed by atoms with Crippen molar-refractivity contribution in [3.63, 3.8) is 0 Å². The molecule has 2 nitrogen and oxygen atoms in total. The molecule has 0 bridgehead atoms. The molecule has 0 aliphatic rings. The molecule has 3 rings (SSSR count). The van der Waals surface area contributed by atoms with E-state index in [-0.39, 0.29) is 0 Å². The van der Waals surface area contributed by atoms with Gasteiger partial charge in [-0.05, 0) is 29.5 Å². The maximum atomic E-state index is 10.6. The number of fused-ring (bicyclic) bond motifs is 1. The van der Waals surface area contributed by atoms with Gasteiger partial charge in [0.15, 0.2) is 0 Å². The molecule has 0 aliphatic heterocycles. The van der Waals surface area contributed by atoms with E-state index in [1.807, 2.05) is 55.6 Å². The zero-order valence-electron chi connectivity index (χ0n) is 11.8. The summed E-state index contributed by atoms with van der Waals surface area (Å²) in [6, 6.07) is 13.8. The van der Waals surface area contributed by atoms with Crippen molar-refractivity contribution >= 4 is 22.4 Å². The Morgan fingerprint density at radius 2 is 1.95 bits per heavy atom. The van der Waals surface area contributed by atoms with E-state index in [0.717, 1.165) is 27.5 Å². The Balaban J connectivity index is 1.95. The summed E-state index contributed by atoms with van der Waals surface area (Å²) in [6.07, 6.45) is 3.40. The maximum Gasteiger partial charge on any atom is 0.0851 e. The Morgan fingerprint density at radius 1 is 1.14 bits per heavy atom. The molecule has 0 amide bonds. The Hall–Kier alpha value is -1.90. The summed E-state index contributed by atoms with van der Waals surface area (Å²) in [5.41, 5.74) is 2.90. The predicted molar refractivity (Wildman–Crippen MR) is 86.6 cm³/mol. The minimum absolute atomic E-state index is 0.481. The SMILES string of the molecule is Cc1ccc(CC(O)c2cncc3ccccc23)c(Cl)c1. The lowest BCUT2D eigenvalue weighted by Gasteiger charge is -2.14. The molecule has 1 heterocycles. The highest BCUT2D eigenvalue weighted by atomic mass is 35.5. The van der Waals surface area contributed by atoms with E-state index in [9.17, 15) is 5.11 Å². The number of aromatic nitrogens is 1. The minimum atomic E-state index is -0.621. The molecule has 0 radical (unpaired) electrons. The molecular weight excluding hydrogens is 282 g/mol. The number of benzene rings is 2. The monoisotopic (exact) mass is 297 g/mol. The molecule has 1 atom stereocenters. The number of hydrogen-bond donors (Lipinski definition) is 1. The van der Waals surface area contributed by atoms with Gasteiger partial charge in [-0.1, -0.05) is 48.0 Å². The average molecular weight is 298 g/mol. The number of halogens is 1. The van der Waals surface area contributed by atoms with Crippen molar-refractivity contribution in [2.75, 3.05) is 0 Å². The third kappa shape index (κ3) is 2.92. The number of pyridine rings is 1. The molecule has 21 heavy (non-hydrogen) atoms. The standard InChI is InChI=1S/C18H16ClNO/c1-12-6-7-13(17(19)8-12)9-18(21)16-11-20-10-14-4-2-3-5-15(14)16/h2-8,10-11,18,21H,9H2,1H3. The third-order valence-electron chi connectivity index (χ3n) is 3.68. The van der Waals surface area contributed by atoms with Crippen LogP contribution in [0.25, 0.3) is 10.8 Å². The quantitative estimate of drug-likeness (QED) is 0.773. The number of aryl methyl sites for hydroxylation is 1. The van der Waals surface area contributed by atoms with E-state index in [1.165, 1.54) is 0 Å². The van der Waals surface area contributed by atoms with Gasteiger partial charge < -0.3 is 5.11 Å². The second-order valence-corrected chi connectivity index (χ2v) is 5.67. The van der Waals surface area contributed by atoms with Crippen LogP contribution in [0.3, 0.4) is 0 Å². The Morgan fingerprint density at radius 3 is 2.76 bits per heavy atom. The summed E-state index contributed by atoms with van der Waals surface area (Å²) >= 11 is 6.25. The Labute approximate surface area is 129 Å². The molecule has 3 heteroatoms. The maximum absolute atomic E-state index is 10.6. The summed E-state index contributed by atoms with van der Waals surface area (Å²) in [6.45, 7) is 2.00. The molecule has 1 aromatic heterocycles. The van der Waals surface area contributed by atoms with E-state index in [2.05, 4.69) is 4.98 Å². The fraction of sp³-hybridized carbons (Fsp3) is 0.167. The van der Waals surface area contributed by atoms with E-state index in [0.29, 0.717) is 11.4 Å². The third-order valence-corrected chi connectivity index (χ3v) is 4.03. The predicted octanol–water partition coefficient (Wildman–Crippen LogP) is 4.47. The lowest BCUT2D eigenvalue weighted by atomic mass is 9.98. The van der Waals surface area contributed by atoms with Crippen LogP contribution in [-0.2, 0) is 6.42 Å². The van der Waals surface area contributed by atoms with Crippen LogP contribution in [0.5, 0.6) is 0 Å². The van der Waals surface area contributed by atoms with Crippen LogP contribution in [0.15, 0.2) is 54.9 Å². The first-order valence-corrected chi connectivity index (χ1v) is 7.28. The smallest absolute Gasteiger partial charge is 0.0851 e. The average Bonchev–Trinajstić information content (AvgIpc) is 2.49. The molecule has 106 valence electrons. The molecule has 1 N–H and O–H groups in total. The topological polar surface area (TPSA) is 33.1 Å². The highest BCUT2D eigenvalue weighted by Crippen LogP contribution is 2.28. The van der Waals surface area contributed by atoms with Crippen LogP contribution in [-0.4, -0.2) is 10.1 Å². The van der Waals surface area contributed by atoms with Gasteiger partial charge >= 0.3 is 0 Å². The molecule has 0 saturated heterocycles. The summed E-state index contributed by atoms with van der Waals surface area (Å²) < 4.78 is 0. The first kappa shape index (κ1) is 14.1. The van der Waals surface area contributed by atoms with Gasteiger partial charge in [0.1, 0.15) is 0 Å². The van der Waals surface area contributed by atoms with Crippen LogP contribution in [0, 0.1) is 6.92 Å². The second kappa shape index (κ2) is 5.84. The highest BCUT2D eigenvalue weighted by Gasteiger charge is 2.14. The molecule has 0 saturated carbocycles. The summed E-state index contributed by atoms with van der Waals surface area (Å²) in [4.78, 5) is 4.22. The number of aliphatic hydroxyl groups excluding tert-OH is 1. The lowest BCUT2D eigenvalue weighted by Crippen LogP contribution is -2.04. The molecule has 3 aromatic rings. The zero-order valence-corrected chi connectivity index (χ0v) is 12.5. The normalized spacial score (nSPS) is 12.5. The highest BCUT2D eigenvalue weighted by molar-refractivity contribution is 6.31. The molecule has 0 aliphatic carbocycles. The van der Waals surface area contributed by atoms with Crippen molar-refractivity contribution in [1.29, 1.82) is 0 Å². The first-order chi connectivity index (χ1) is 10.1. The summed E-state index contributed by atoms with van der Waals surface area (Å²) in [5, 5.41) is 13.3. The van der Waals surface area contributed by atoms with Gasteiger partial charge in [0, 0.05) is 34.8 Å². The molecule has 0 fully saturated rings. The van der Waals surface area contributed by atoms with Crippen LogP contribution in [0.4, 0.5) is 0 Å². The second-order valence-electron chi connectivity index (χ2n) is 5.26. The largest absolute Gasteiger partial charge is 0.388 e. The first-order valence-electron chi connectivity index (χ1n) is 6.91. The molecule has 1 unspecified atom stereocenters. The number of aliphatic hydroxyl groups is 1. The van der Waals surface area contributed by atoms with E-state index in [4.69, 9.17) is 11.6 Å². The van der Waals surface area contributed by atoms with Gasteiger partial charge in [0.05, 0.1) is 6.10 Å². The fourth-order valence-electron chi connectivity index (χ4n) is 2.54. The zero-order chi connectivity index (χ0) is 14.8. The van der Waals surface area contributed by atoms with Crippen molar-refractivity contribution in [3.8, 4) is 0 Å². The van der Waals surface area contributed by atoms with Crippen molar-refractivity contribution in [3.05, 3.63) is 76.6 Å². The molecule has 2 aromatic carbocycles. The Kier molecular flexibility index (Phi) is 3.91. The van der Waals surface area contributed by atoms with Gasteiger partial charge in [0.25, 0.3) is 0 Å². The van der Waals surface area contributed by atoms with Gasteiger partial charge in [-0.2, -0.15) is 0 Å². The van der Waals surface area contributed by atoms with E-state index in [1.54, 1.807) is 6.20 Å². The van der Waals surface area contributed by atoms with Gasteiger partial charge in [-0.25, -0.2) is 0 Å².